The van der Waals surface area contributed by atoms with Crippen LogP contribution in [-0.2, 0) is 19.5 Å². The maximum absolute atomic E-state index is 11.2. The molecule has 0 aliphatic carbocycles. The van der Waals surface area contributed by atoms with Gasteiger partial charge in [-0.2, -0.15) is 4.98 Å². The number of fused-ring (bicyclic) bond motifs is 1. The number of nitrogens with two attached hydrogens (primary N) is 2. The third kappa shape index (κ3) is 3.42. The van der Waals surface area contributed by atoms with Crippen molar-refractivity contribution in [2.45, 2.75) is 19.5 Å². The van der Waals surface area contributed by atoms with Gasteiger partial charge in [0.2, 0.25) is 11.8 Å². The van der Waals surface area contributed by atoms with E-state index in [0.29, 0.717) is 24.5 Å². The van der Waals surface area contributed by atoms with Crippen LogP contribution in [0.25, 0.3) is 11.4 Å². The molecule has 3 aromatic rings. The lowest BCUT2D eigenvalue weighted by Crippen LogP contribution is -2.30. The normalized spacial score (nSPS) is 14.1. The number of nitrogens with zero attached hydrogens (tertiary/aromatic N) is 4. The fourth-order valence-corrected chi connectivity index (χ4v) is 3.02. The quantitative estimate of drug-likeness (QED) is 0.582. The first-order valence-corrected chi connectivity index (χ1v) is 8.32. The first-order chi connectivity index (χ1) is 13.0. The lowest BCUT2D eigenvalue weighted by Gasteiger charge is -2.24. The molecule has 0 fully saturated rings. The summed E-state index contributed by atoms with van der Waals surface area (Å²) < 4.78 is 5.05. The average molecular weight is 367 g/mol. The molecule has 1 aromatic carbocycles. The second-order valence-corrected chi connectivity index (χ2v) is 6.29. The Hall–Kier alpha value is -3.53. The predicted octanol–water partition coefficient (Wildman–Crippen LogP) is 0.216. The zero-order valence-corrected chi connectivity index (χ0v) is 14.3. The van der Waals surface area contributed by atoms with Gasteiger partial charge in [-0.3, -0.25) is 14.5 Å². The molecule has 2 aromatic heterocycles. The van der Waals surface area contributed by atoms with E-state index in [-0.39, 0.29) is 5.82 Å². The molecular weight excluding hydrogens is 350 g/mol. The molecule has 4 rings (SSSR count). The molecule has 0 bridgehead atoms. The van der Waals surface area contributed by atoms with Crippen molar-refractivity contribution in [1.82, 2.24) is 25.0 Å². The van der Waals surface area contributed by atoms with E-state index in [0.717, 1.165) is 35.7 Å². The number of aromatic nitrogens is 4. The molecule has 0 saturated carbocycles. The van der Waals surface area contributed by atoms with Gasteiger partial charge < -0.3 is 21.0 Å². The van der Waals surface area contributed by atoms with Crippen molar-refractivity contribution in [2.24, 2.45) is 11.5 Å². The molecule has 0 radical (unpaired) electrons. The average Bonchev–Trinajstić information content (AvgIpc) is 3.28. The summed E-state index contributed by atoms with van der Waals surface area (Å²) in [7, 11) is 0. The highest BCUT2D eigenvalue weighted by Crippen LogP contribution is 2.23. The largest absolute Gasteiger partial charge is 0.366 e. The van der Waals surface area contributed by atoms with Gasteiger partial charge in [0.15, 0.2) is 0 Å². The number of primary amides is 2. The summed E-state index contributed by atoms with van der Waals surface area (Å²) in [5.74, 6) is -0.213. The standard InChI is InChI=1S/C17H17N7O3/c18-14(25)9-1-3-10(4-2-9)16-20-11-5-6-24(7-12(11)21-16)8-13-22-17(15(19)26)23-27-13/h1-4H,5-8H2,(H2,18,25)(H2,19,26)(H,20,21). The highest BCUT2D eigenvalue weighted by atomic mass is 16.5. The number of amides is 2. The van der Waals surface area contributed by atoms with E-state index in [2.05, 4.69) is 25.0 Å². The molecular formula is C17H17N7O3. The Labute approximate surface area is 153 Å². The van der Waals surface area contributed by atoms with Crippen LogP contribution >= 0.6 is 0 Å². The summed E-state index contributed by atoms with van der Waals surface area (Å²) >= 11 is 0. The molecule has 1 aliphatic heterocycles. The third-order valence-corrected chi connectivity index (χ3v) is 4.40. The summed E-state index contributed by atoms with van der Waals surface area (Å²) in [5.41, 5.74) is 13.7. The van der Waals surface area contributed by atoms with Gasteiger partial charge in [-0.1, -0.05) is 17.3 Å². The number of carbonyl (C=O) groups is 2. The minimum atomic E-state index is -0.716. The van der Waals surface area contributed by atoms with Gasteiger partial charge >= 0.3 is 0 Å². The van der Waals surface area contributed by atoms with Crippen molar-refractivity contribution >= 4 is 11.8 Å². The number of hydrogen-bond donors (Lipinski definition) is 3. The molecule has 0 atom stereocenters. The van der Waals surface area contributed by atoms with Crippen LogP contribution in [0.15, 0.2) is 28.8 Å². The van der Waals surface area contributed by atoms with Crippen molar-refractivity contribution < 1.29 is 14.1 Å². The molecule has 138 valence electrons. The summed E-state index contributed by atoms with van der Waals surface area (Å²) in [5, 5.41) is 3.55. The summed E-state index contributed by atoms with van der Waals surface area (Å²) in [6.07, 6.45) is 0.766. The number of rotatable bonds is 5. The zero-order chi connectivity index (χ0) is 19.0. The Kier molecular flexibility index (Phi) is 4.16. The van der Waals surface area contributed by atoms with Gasteiger partial charge in [0.1, 0.15) is 5.82 Å². The fourth-order valence-electron chi connectivity index (χ4n) is 3.02. The molecule has 5 N–H and O–H groups in total. The Morgan fingerprint density at radius 3 is 2.59 bits per heavy atom. The Morgan fingerprint density at radius 1 is 1.15 bits per heavy atom. The summed E-state index contributed by atoms with van der Waals surface area (Å²) in [6.45, 7) is 1.82. The first kappa shape index (κ1) is 16.9. The molecule has 0 unspecified atom stereocenters. The Balaban J connectivity index is 1.48. The van der Waals surface area contributed by atoms with Crippen LogP contribution in [0.4, 0.5) is 0 Å². The molecule has 27 heavy (non-hydrogen) atoms. The maximum atomic E-state index is 11.2. The number of aromatic amines is 1. The minimum absolute atomic E-state index is 0.120. The van der Waals surface area contributed by atoms with Crippen molar-refractivity contribution in [2.75, 3.05) is 6.54 Å². The lowest BCUT2D eigenvalue weighted by molar-refractivity contribution is 0.0983. The van der Waals surface area contributed by atoms with Crippen LogP contribution in [0.3, 0.4) is 0 Å². The Morgan fingerprint density at radius 2 is 1.93 bits per heavy atom. The van der Waals surface area contributed by atoms with Crippen LogP contribution in [-0.4, -0.2) is 43.4 Å². The molecule has 1 aliphatic rings. The van der Waals surface area contributed by atoms with E-state index in [4.69, 9.17) is 16.0 Å². The third-order valence-electron chi connectivity index (χ3n) is 4.40. The molecule has 2 amide bonds. The molecule has 10 heteroatoms. The van der Waals surface area contributed by atoms with E-state index in [1.807, 2.05) is 12.1 Å². The SMILES string of the molecule is NC(=O)c1ccc(-c2nc3c([nH]2)CN(Cc2nc(C(N)=O)no2)CC3)cc1. The van der Waals surface area contributed by atoms with Gasteiger partial charge in [0.25, 0.3) is 11.7 Å². The van der Waals surface area contributed by atoms with Crippen molar-refractivity contribution in [1.29, 1.82) is 0 Å². The smallest absolute Gasteiger partial charge is 0.290 e. The number of H-pyrrole nitrogens is 1. The number of hydrogen-bond acceptors (Lipinski definition) is 7. The summed E-state index contributed by atoms with van der Waals surface area (Å²) in [4.78, 5) is 36.3. The monoisotopic (exact) mass is 367 g/mol. The minimum Gasteiger partial charge on any atom is -0.366 e. The van der Waals surface area contributed by atoms with Crippen LogP contribution in [0.1, 0.15) is 38.3 Å². The molecule has 10 nitrogen and oxygen atoms in total. The first-order valence-electron chi connectivity index (χ1n) is 8.32. The van der Waals surface area contributed by atoms with Gasteiger partial charge in [-0.15, -0.1) is 0 Å². The second-order valence-electron chi connectivity index (χ2n) is 6.29. The van der Waals surface area contributed by atoms with E-state index in [1.165, 1.54) is 0 Å². The molecule has 3 heterocycles. The van der Waals surface area contributed by atoms with E-state index >= 15 is 0 Å². The van der Waals surface area contributed by atoms with Gasteiger partial charge in [0.05, 0.1) is 17.9 Å². The fraction of sp³-hybridized carbons (Fsp3) is 0.235. The topological polar surface area (TPSA) is 157 Å². The second kappa shape index (κ2) is 6.65. The van der Waals surface area contributed by atoms with E-state index < -0.39 is 11.8 Å². The van der Waals surface area contributed by atoms with Crippen LogP contribution in [0.5, 0.6) is 0 Å². The van der Waals surface area contributed by atoms with Crippen LogP contribution in [0.2, 0.25) is 0 Å². The van der Waals surface area contributed by atoms with E-state index in [1.54, 1.807) is 12.1 Å². The maximum Gasteiger partial charge on any atom is 0.290 e. The van der Waals surface area contributed by atoms with Crippen LogP contribution < -0.4 is 11.5 Å². The van der Waals surface area contributed by atoms with Crippen LogP contribution in [0, 0.1) is 0 Å². The molecule has 0 spiro atoms. The predicted molar refractivity (Wildman–Crippen MR) is 93.2 cm³/mol. The van der Waals surface area contributed by atoms with Gasteiger partial charge in [0, 0.05) is 30.6 Å². The van der Waals surface area contributed by atoms with Gasteiger partial charge in [-0.05, 0) is 12.1 Å². The highest BCUT2D eigenvalue weighted by Gasteiger charge is 2.23. The summed E-state index contributed by atoms with van der Waals surface area (Å²) in [6, 6.07) is 6.98. The number of benzene rings is 1. The van der Waals surface area contributed by atoms with Crippen molar-refractivity contribution in [3.63, 3.8) is 0 Å². The number of carbonyl (C=O) groups excluding carboxylic acids is 2. The highest BCUT2D eigenvalue weighted by molar-refractivity contribution is 5.93. The van der Waals surface area contributed by atoms with Crippen molar-refractivity contribution in [3.8, 4) is 11.4 Å². The van der Waals surface area contributed by atoms with Crippen molar-refractivity contribution in [3.05, 3.63) is 52.9 Å². The number of imidazole rings is 1. The van der Waals surface area contributed by atoms with Gasteiger partial charge in [-0.25, -0.2) is 4.98 Å². The Bertz CT molecular complexity index is 1010. The lowest BCUT2D eigenvalue weighted by atomic mass is 10.1. The zero-order valence-electron chi connectivity index (χ0n) is 14.3. The van der Waals surface area contributed by atoms with E-state index in [9.17, 15) is 9.59 Å². The molecule has 0 saturated heterocycles. The number of nitrogens with one attached hydrogen (secondary N) is 1.